The number of carbonyl (C=O) groups is 1. The zero-order valence-corrected chi connectivity index (χ0v) is 35.1. The standard InChI is InChI=1S/C53H56ClNO2S/c54-49-35-23-22-34-48(49)52(43-26-14-8-15-27-43,44-38-36-42(37-39-44)41-24-12-6-4-2-1-3-5-7-13-25-41)57-51(56)50(55)40-58-53(45-28-16-9-17-29-45,46-30-18-10-19-31-46)47-32-20-11-21-33-47/h8-11,14-23,26-39,41,50H,1-7,12-13,24-25,40,55H2/t50-,52?/m1/s1. The summed E-state index contributed by atoms with van der Waals surface area (Å²) in [5.74, 6) is 0.306. The Morgan fingerprint density at radius 1 is 0.552 bits per heavy atom. The SMILES string of the molecule is N[C@H](CSC(c1ccccc1)(c1ccccc1)c1ccccc1)C(=O)OC(c1ccccc1)(c1ccc(C2CCCCCCCCCCC2)cc1)c1ccccc1Cl. The van der Waals surface area contributed by atoms with Gasteiger partial charge in [0.05, 0.1) is 4.75 Å². The van der Waals surface area contributed by atoms with Crippen LogP contribution in [0.1, 0.15) is 115 Å². The lowest BCUT2D eigenvalue weighted by Gasteiger charge is -2.38. The maximum absolute atomic E-state index is 14.8. The minimum atomic E-state index is -1.35. The summed E-state index contributed by atoms with van der Waals surface area (Å²) in [6, 6.07) is 57.0. The van der Waals surface area contributed by atoms with E-state index in [-0.39, 0.29) is 0 Å². The van der Waals surface area contributed by atoms with Gasteiger partial charge in [-0.15, -0.1) is 11.8 Å². The molecule has 0 aromatic heterocycles. The van der Waals surface area contributed by atoms with Crippen LogP contribution in [0.4, 0.5) is 0 Å². The van der Waals surface area contributed by atoms with Crippen molar-refractivity contribution < 1.29 is 9.53 Å². The van der Waals surface area contributed by atoms with E-state index in [2.05, 4.69) is 97.1 Å². The van der Waals surface area contributed by atoms with Crippen LogP contribution in [0.25, 0.3) is 0 Å². The lowest BCUT2D eigenvalue weighted by Crippen LogP contribution is -2.43. The van der Waals surface area contributed by atoms with Gasteiger partial charge < -0.3 is 10.5 Å². The Labute approximate surface area is 355 Å². The van der Waals surface area contributed by atoms with Crippen LogP contribution in [0.15, 0.2) is 170 Å². The van der Waals surface area contributed by atoms with Crippen molar-refractivity contribution in [3.63, 3.8) is 0 Å². The van der Waals surface area contributed by atoms with E-state index in [1.54, 1.807) is 11.8 Å². The maximum Gasteiger partial charge on any atom is 0.325 e. The molecule has 0 heterocycles. The first-order valence-electron chi connectivity index (χ1n) is 21.2. The Hall–Kier alpha value is -4.61. The summed E-state index contributed by atoms with van der Waals surface area (Å²) in [6.07, 6.45) is 14.3. The molecule has 6 aromatic rings. The molecule has 6 aromatic carbocycles. The van der Waals surface area contributed by atoms with Gasteiger partial charge >= 0.3 is 5.97 Å². The fourth-order valence-corrected chi connectivity index (χ4v) is 10.6. The molecule has 0 saturated heterocycles. The quantitative estimate of drug-likeness (QED) is 0.0989. The van der Waals surface area contributed by atoms with E-state index in [0.29, 0.717) is 22.3 Å². The third-order valence-corrected chi connectivity index (χ3v) is 13.9. The number of hydrogen-bond acceptors (Lipinski definition) is 4. The van der Waals surface area contributed by atoms with Gasteiger partial charge in [0.15, 0.2) is 5.60 Å². The van der Waals surface area contributed by atoms with Gasteiger partial charge in [0.25, 0.3) is 0 Å². The second-order valence-electron chi connectivity index (χ2n) is 15.7. The minimum absolute atomic E-state index is 0.297. The van der Waals surface area contributed by atoms with E-state index in [1.165, 1.54) is 76.2 Å². The van der Waals surface area contributed by atoms with Gasteiger partial charge in [-0.3, -0.25) is 4.79 Å². The summed E-state index contributed by atoms with van der Waals surface area (Å²) in [4.78, 5) is 14.8. The molecule has 7 rings (SSSR count). The van der Waals surface area contributed by atoms with Crippen LogP contribution in [0.2, 0.25) is 5.02 Å². The van der Waals surface area contributed by atoms with Crippen molar-refractivity contribution >= 4 is 29.3 Å². The van der Waals surface area contributed by atoms with Crippen LogP contribution in [0.5, 0.6) is 0 Å². The number of rotatable bonds is 12. The summed E-state index contributed by atoms with van der Waals surface area (Å²) in [7, 11) is 0. The molecule has 1 aliphatic carbocycles. The highest BCUT2D eigenvalue weighted by atomic mass is 35.5. The van der Waals surface area contributed by atoms with Crippen LogP contribution >= 0.6 is 23.4 Å². The summed E-state index contributed by atoms with van der Waals surface area (Å²) < 4.78 is 6.30. The molecule has 0 radical (unpaired) electrons. The highest BCUT2D eigenvalue weighted by Crippen LogP contribution is 2.49. The average molecular weight is 807 g/mol. The molecule has 0 bridgehead atoms. The van der Waals surface area contributed by atoms with Gasteiger partial charge in [-0.1, -0.05) is 233 Å². The van der Waals surface area contributed by atoms with Crippen molar-refractivity contribution in [3.8, 4) is 0 Å². The number of nitrogens with two attached hydrogens (primary N) is 1. The van der Waals surface area contributed by atoms with Crippen LogP contribution < -0.4 is 5.73 Å². The molecule has 1 unspecified atom stereocenters. The molecule has 58 heavy (non-hydrogen) atoms. The van der Waals surface area contributed by atoms with Crippen molar-refractivity contribution in [1.82, 2.24) is 0 Å². The van der Waals surface area contributed by atoms with E-state index in [9.17, 15) is 4.79 Å². The van der Waals surface area contributed by atoms with E-state index < -0.39 is 22.4 Å². The van der Waals surface area contributed by atoms with E-state index in [1.807, 2.05) is 72.8 Å². The molecule has 298 valence electrons. The van der Waals surface area contributed by atoms with Gasteiger partial charge in [0.1, 0.15) is 6.04 Å². The Balaban J connectivity index is 1.25. The Kier molecular flexibility index (Phi) is 14.6. The van der Waals surface area contributed by atoms with Gasteiger partial charge in [-0.25, -0.2) is 0 Å². The summed E-state index contributed by atoms with van der Waals surface area (Å²) >= 11 is 8.77. The lowest BCUT2D eigenvalue weighted by molar-refractivity contribution is -0.154. The molecule has 0 spiro atoms. The van der Waals surface area contributed by atoms with Gasteiger partial charge in [-0.05, 0) is 47.1 Å². The van der Waals surface area contributed by atoms with E-state index >= 15 is 0 Å². The normalized spacial score (nSPS) is 16.2. The number of thioether (sulfide) groups is 1. The average Bonchev–Trinajstić information content (AvgIpc) is 3.28. The zero-order valence-electron chi connectivity index (χ0n) is 33.5. The maximum atomic E-state index is 14.8. The smallest absolute Gasteiger partial charge is 0.325 e. The monoisotopic (exact) mass is 805 g/mol. The van der Waals surface area contributed by atoms with Gasteiger partial charge in [-0.2, -0.15) is 0 Å². The number of halogens is 1. The first-order valence-corrected chi connectivity index (χ1v) is 22.6. The summed E-state index contributed by atoms with van der Waals surface area (Å²) in [6.45, 7) is 0. The molecular formula is C53H56ClNO2S. The second-order valence-corrected chi connectivity index (χ2v) is 17.4. The number of esters is 1. The third-order valence-electron chi connectivity index (χ3n) is 11.9. The number of hydrogen-bond donors (Lipinski definition) is 1. The summed E-state index contributed by atoms with van der Waals surface area (Å²) in [5, 5.41) is 0.516. The van der Waals surface area contributed by atoms with Crippen LogP contribution in [-0.2, 0) is 19.9 Å². The number of ether oxygens (including phenoxy) is 1. The Morgan fingerprint density at radius 2 is 0.948 bits per heavy atom. The molecule has 0 aliphatic heterocycles. The van der Waals surface area contributed by atoms with Crippen molar-refractivity contribution in [1.29, 1.82) is 0 Å². The number of benzene rings is 6. The zero-order chi connectivity index (χ0) is 40.0. The topological polar surface area (TPSA) is 52.3 Å². The lowest BCUT2D eigenvalue weighted by atomic mass is 9.78. The molecule has 5 heteroatoms. The van der Waals surface area contributed by atoms with Gasteiger partial charge in [0, 0.05) is 27.5 Å². The highest BCUT2D eigenvalue weighted by Gasteiger charge is 2.44. The molecule has 3 nitrogen and oxygen atoms in total. The van der Waals surface area contributed by atoms with Crippen molar-refractivity contribution in [2.45, 2.75) is 92.9 Å². The summed E-state index contributed by atoms with van der Waals surface area (Å²) in [5.41, 5.74) is 12.7. The molecule has 2 atom stereocenters. The van der Waals surface area contributed by atoms with E-state index in [4.69, 9.17) is 22.1 Å². The molecule has 1 aliphatic rings. The van der Waals surface area contributed by atoms with Crippen molar-refractivity contribution in [2.24, 2.45) is 5.73 Å². The van der Waals surface area contributed by atoms with Gasteiger partial charge in [0.2, 0.25) is 0 Å². The largest absolute Gasteiger partial charge is 0.443 e. The molecule has 0 amide bonds. The number of carbonyl (C=O) groups excluding carboxylic acids is 1. The van der Waals surface area contributed by atoms with Crippen LogP contribution in [0, 0.1) is 0 Å². The predicted octanol–water partition coefficient (Wildman–Crippen LogP) is 13.6. The fourth-order valence-electron chi connectivity index (χ4n) is 8.83. The van der Waals surface area contributed by atoms with Crippen molar-refractivity contribution in [2.75, 3.05) is 5.75 Å². The Bertz CT molecular complexity index is 2040. The molecule has 1 saturated carbocycles. The van der Waals surface area contributed by atoms with E-state index in [0.717, 1.165) is 27.8 Å². The Morgan fingerprint density at radius 3 is 1.41 bits per heavy atom. The third kappa shape index (κ3) is 9.47. The fraction of sp³-hybridized carbons (Fsp3) is 0.302. The second kappa shape index (κ2) is 20.4. The minimum Gasteiger partial charge on any atom is -0.443 e. The van der Waals surface area contributed by atoms with Crippen LogP contribution in [-0.4, -0.2) is 17.8 Å². The highest BCUT2D eigenvalue weighted by molar-refractivity contribution is 8.00. The molecular weight excluding hydrogens is 750 g/mol. The van der Waals surface area contributed by atoms with Crippen molar-refractivity contribution in [3.05, 3.63) is 214 Å². The van der Waals surface area contributed by atoms with Crippen LogP contribution in [0.3, 0.4) is 0 Å². The predicted molar refractivity (Wildman–Crippen MR) is 243 cm³/mol. The molecule has 1 fully saturated rings. The first kappa shape index (κ1) is 41.5. The molecule has 2 N–H and O–H groups in total. The first-order chi connectivity index (χ1) is 28.5.